The molecular weight excluding hydrogens is 352 g/mol. The zero-order valence-electron chi connectivity index (χ0n) is 14.4. The SMILES string of the molecule is O=C(Nc1ccccc1)C1CCN(Cc2cc(Cl)c3c(c2)OCO3)CC1. The first-order chi connectivity index (χ1) is 12.7. The van der Waals surface area contributed by atoms with Gasteiger partial charge in [-0.15, -0.1) is 0 Å². The van der Waals surface area contributed by atoms with Gasteiger partial charge in [-0.25, -0.2) is 0 Å². The molecule has 2 heterocycles. The summed E-state index contributed by atoms with van der Waals surface area (Å²) in [4.78, 5) is 14.8. The molecule has 1 amide bonds. The summed E-state index contributed by atoms with van der Waals surface area (Å²) in [5.41, 5.74) is 1.96. The Morgan fingerprint density at radius 1 is 1.15 bits per heavy atom. The fourth-order valence-electron chi connectivity index (χ4n) is 3.49. The standard InChI is InChI=1S/C20H21ClN2O3/c21-17-10-14(11-18-19(17)26-13-25-18)12-23-8-6-15(7-9-23)20(24)22-16-4-2-1-3-5-16/h1-5,10-11,15H,6-9,12-13H2,(H,22,24). The molecule has 2 aliphatic heterocycles. The number of nitrogens with zero attached hydrogens (tertiary/aromatic N) is 1. The van der Waals surface area contributed by atoms with Crippen molar-refractivity contribution in [2.75, 3.05) is 25.2 Å². The summed E-state index contributed by atoms with van der Waals surface area (Å²) >= 11 is 6.26. The lowest BCUT2D eigenvalue weighted by molar-refractivity contribution is -0.121. The molecule has 0 unspecified atom stereocenters. The number of amides is 1. The number of hydrogen-bond acceptors (Lipinski definition) is 4. The van der Waals surface area contributed by atoms with Gasteiger partial charge in [0.1, 0.15) is 0 Å². The lowest BCUT2D eigenvalue weighted by Gasteiger charge is -2.31. The van der Waals surface area contributed by atoms with Crippen molar-refractivity contribution in [3.8, 4) is 11.5 Å². The number of likely N-dealkylation sites (tertiary alicyclic amines) is 1. The van der Waals surface area contributed by atoms with Gasteiger partial charge in [0.2, 0.25) is 12.7 Å². The van der Waals surface area contributed by atoms with Crippen LogP contribution in [0.5, 0.6) is 11.5 Å². The molecule has 26 heavy (non-hydrogen) atoms. The van der Waals surface area contributed by atoms with Gasteiger partial charge in [-0.2, -0.15) is 0 Å². The minimum absolute atomic E-state index is 0.0618. The minimum atomic E-state index is 0.0618. The van der Waals surface area contributed by atoms with Crippen LogP contribution >= 0.6 is 11.6 Å². The molecule has 2 aromatic rings. The number of halogens is 1. The third-order valence-corrected chi connectivity index (χ3v) is 5.17. The Labute approximate surface area is 157 Å². The van der Waals surface area contributed by atoms with Gasteiger partial charge < -0.3 is 14.8 Å². The number of ether oxygens (including phenoxy) is 2. The van der Waals surface area contributed by atoms with E-state index in [-0.39, 0.29) is 18.6 Å². The van der Waals surface area contributed by atoms with Crippen LogP contribution in [0.4, 0.5) is 5.69 Å². The van der Waals surface area contributed by atoms with E-state index < -0.39 is 0 Å². The van der Waals surface area contributed by atoms with E-state index in [0.717, 1.165) is 43.7 Å². The van der Waals surface area contributed by atoms with Gasteiger partial charge >= 0.3 is 0 Å². The summed E-state index contributed by atoms with van der Waals surface area (Å²) in [6.07, 6.45) is 1.72. The van der Waals surface area contributed by atoms with E-state index in [0.29, 0.717) is 16.5 Å². The Morgan fingerprint density at radius 2 is 1.92 bits per heavy atom. The molecule has 1 fully saturated rings. The number of hydrogen-bond donors (Lipinski definition) is 1. The Morgan fingerprint density at radius 3 is 2.69 bits per heavy atom. The molecule has 0 radical (unpaired) electrons. The number of para-hydroxylation sites is 1. The quantitative estimate of drug-likeness (QED) is 0.883. The average molecular weight is 373 g/mol. The van der Waals surface area contributed by atoms with Crippen molar-refractivity contribution >= 4 is 23.2 Å². The summed E-state index contributed by atoms with van der Waals surface area (Å²) in [5, 5.41) is 3.60. The molecule has 0 bridgehead atoms. The predicted octanol–water partition coefficient (Wildman–Crippen LogP) is 3.92. The normalized spacial score (nSPS) is 17.3. The zero-order chi connectivity index (χ0) is 17.9. The highest BCUT2D eigenvalue weighted by Crippen LogP contribution is 2.40. The number of rotatable bonds is 4. The van der Waals surface area contributed by atoms with Gasteiger partial charge in [-0.3, -0.25) is 9.69 Å². The molecule has 1 N–H and O–H groups in total. The van der Waals surface area contributed by atoms with Crippen molar-refractivity contribution in [3.05, 3.63) is 53.1 Å². The van der Waals surface area contributed by atoms with Gasteiger partial charge in [0, 0.05) is 18.2 Å². The lowest BCUT2D eigenvalue weighted by Crippen LogP contribution is -2.37. The molecule has 2 aromatic carbocycles. The summed E-state index contributed by atoms with van der Waals surface area (Å²) in [6, 6.07) is 13.5. The summed E-state index contributed by atoms with van der Waals surface area (Å²) in [7, 11) is 0. The average Bonchev–Trinajstić information content (AvgIpc) is 3.12. The van der Waals surface area contributed by atoms with Crippen molar-refractivity contribution in [2.45, 2.75) is 19.4 Å². The molecule has 1 saturated heterocycles. The van der Waals surface area contributed by atoms with Crippen LogP contribution in [0, 0.1) is 5.92 Å². The number of benzene rings is 2. The van der Waals surface area contributed by atoms with Crippen LogP contribution in [-0.4, -0.2) is 30.7 Å². The van der Waals surface area contributed by atoms with E-state index in [2.05, 4.69) is 10.2 Å². The van der Waals surface area contributed by atoms with Crippen LogP contribution in [0.15, 0.2) is 42.5 Å². The third kappa shape index (κ3) is 3.79. The van der Waals surface area contributed by atoms with Gasteiger partial charge in [-0.1, -0.05) is 29.8 Å². The maximum absolute atomic E-state index is 12.4. The monoisotopic (exact) mass is 372 g/mol. The van der Waals surface area contributed by atoms with Crippen LogP contribution in [0.25, 0.3) is 0 Å². The number of fused-ring (bicyclic) bond motifs is 1. The Balaban J connectivity index is 1.31. The van der Waals surface area contributed by atoms with E-state index >= 15 is 0 Å². The highest BCUT2D eigenvalue weighted by molar-refractivity contribution is 6.32. The molecular formula is C20H21ClN2O3. The molecule has 6 heteroatoms. The van der Waals surface area contributed by atoms with Crippen LogP contribution in [0.3, 0.4) is 0 Å². The Kier molecular flexibility index (Phi) is 5.00. The first-order valence-corrected chi connectivity index (χ1v) is 9.23. The number of piperidine rings is 1. The molecule has 0 atom stereocenters. The summed E-state index contributed by atoms with van der Waals surface area (Å²) in [6.45, 7) is 2.79. The van der Waals surface area contributed by atoms with Crippen LogP contribution < -0.4 is 14.8 Å². The molecule has 0 aromatic heterocycles. The number of anilines is 1. The van der Waals surface area contributed by atoms with E-state index in [1.807, 2.05) is 42.5 Å². The smallest absolute Gasteiger partial charge is 0.231 e. The molecule has 136 valence electrons. The molecule has 0 spiro atoms. The predicted molar refractivity (Wildman–Crippen MR) is 101 cm³/mol. The van der Waals surface area contributed by atoms with E-state index in [4.69, 9.17) is 21.1 Å². The van der Waals surface area contributed by atoms with Crippen molar-refractivity contribution < 1.29 is 14.3 Å². The molecule has 0 saturated carbocycles. The minimum Gasteiger partial charge on any atom is -0.454 e. The van der Waals surface area contributed by atoms with Crippen LogP contribution in [-0.2, 0) is 11.3 Å². The van der Waals surface area contributed by atoms with Crippen LogP contribution in [0.1, 0.15) is 18.4 Å². The molecule has 2 aliphatic rings. The van der Waals surface area contributed by atoms with Crippen molar-refractivity contribution in [1.29, 1.82) is 0 Å². The molecule has 5 nitrogen and oxygen atoms in total. The topological polar surface area (TPSA) is 50.8 Å². The van der Waals surface area contributed by atoms with Gasteiger partial charge in [0.25, 0.3) is 0 Å². The summed E-state index contributed by atoms with van der Waals surface area (Å²) in [5.74, 6) is 1.52. The number of nitrogens with one attached hydrogen (secondary N) is 1. The van der Waals surface area contributed by atoms with Gasteiger partial charge in [-0.05, 0) is 55.8 Å². The second-order valence-electron chi connectivity index (χ2n) is 6.72. The highest BCUT2D eigenvalue weighted by atomic mass is 35.5. The Hall–Kier alpha value is -2.24. The van der Waals surface area contributed by atoms with Crippen molar-refractivity contribution in [3.63, 3.8) is 0 Å². The number of carbonyl (C=O) groups excluding carboxylic acids is 1. The Bertz CT molecular complexity index is 789. The largest absolute Gasteiger partial charge is 0.454 e. The second-order valence-corrected chi connectivity index (χ2v) is 7.12. The highest BCUT2D eigenvalue weighted by Gasteiger charge is 2.26. The van der Waals surface area contributed by atoms with E-state index in [1.165, 1.54) is 0 Å². The zero-order valence-corrected chi connectivity index (χ0v) is 15.2. The van der Waals surface area contributed by atoms with Crippen molar-refractivity contribution in [1.82, 2.24) is 4.90 Å². The molecule has 4 rings (SSSR count). The molecule has 0 aliphatic carbocycles. The van der Waals surface area contributed by atoms with E-state index in [1.54, 1.807) is 0 Å². The van der Waals surface area contributed by atoms with Crippen LogP contribution in [0.2, 0.25) is 5.02 Å². The maximum Gasteiger partial charge on any atom is 0.231 e. The third-order valence-electron chi connectivity index (χ3n) is 4.89. The number of carbonyl (C=O) groups is 1. The first kappa shape index (κ1) is 17.2. The van der Waals surface area contributed by atoms with Gasteiger partial charge in [0.15, 0.2) is 11.5 Å². The summed E-state index contributed by atoms with van der Waals surface area (Å²) < 4.78 is 10.8. The lowest BCUT2D eigenvalue weighted by atomic mass is 9.95. The fourth-order valence-corrected chi connectivity index (χ4v) is 3.78. The maximum atomic E-state index is 12.4. The first-order valence-electron chi connectivity index (χ1n) is 8.85. The van der Waals surface area contributed by atoms with E-state index in [9.17, 15) is 4.79 Å². The van der Waals surface area contributed by atoms with Gasteiger partial charge in [0.05, 0.1) is 5.02 Å². The second kappa shape index (κ2) is 7.56. The fraction of sp³-hybridized carbons (Fsp3) is 0.350. The van der Waals surface area contributed by atoms with Crippen molar-refractivity contribution in [2.24, 2.45) is 5.92 Å².